The number of aliphatic hydroxyl groups is 1. The average molecular weight is 374 g/mol. The Hall–Kier alpha value is -2.69. The van der Waals surface area contributed by atoms with Gasteiger partial charge in [0.25, 0.3) is 0 Å². The van der Waals surface area contributed by atoms with E-state index in [4.69, 9.17) is 0 Å². The van der Waals surface area contributed by atoms with Crippen molar-refractivity contribution in [2.24, 2.45) is 0 Å². The van der Waals surface area contributed by atoms with Crippen LogP contribution in [0.5, 0.6) is 0 Å². The molecule has 26 heavy (non-hydrogen) atoms. The van der Waals surface area contributed by atoms with Crippen molar-refractivity contribution >= 4 is 10.0 Å². The topological polar surface area (TPSA) is 123 Å². The van der Waals surface area contributed by atoms with Gasteiger partial charge in [-0.25, -0.2) is 13.1 Å². The molecule has 0 saturated carbocycles. The van der Waals surface area contributed by atoms with Crippen LogP contribution in [-0.2, 0) is 16.6 Å². The van der Waals surface area contributed by atoms with Crippen LogP contribution in [0.15, 0.2) is 53.7 Å². The van der Waals surface area contributed by atoms with E-state index in [0.29, 0.717) is 17.9 Å². The number of sulfonamides is 1. The molecule has 0 bridgehead atoms. The molecular weight excluding hydrogens is 356 g/mol. The zero-order valence-electron chi connectivity index (χ0n) is 14.0. The summed E-state index contributed by atoms with van der Waals surface area (Å²) in [7, 11) is -3.67. The summed E-state index contributed by atoms with van der Waals surface area (Å²) < 4.78 is 26.6. The van der Waals surface area contributed by atoms with Crippen LogP contribution in [0, 0.1) is 0 Å². The van der Waals surface area contributed by atoms with E-state index < -0.39 is 16.1 Å². The maximum atomic E-state index is 12.1. The predicted molar refractivity (Wildman–Crippen MR) is 93.5 cm³/mol. The third kappa shape index (κ3) is 4.48. The molecule has 136 valence electrons. The summed E-state index contributed by atoms with van der Waals surface area (Å²) >= 11 is 0. The van der Waals surface area contributed by atoms with E-state index >= 15 is 0 Å². The first-order valence-electron chi connectivity index (χ1n) is 7.89. The van der Waals surface area contributed by atoms with Crippen molar-refractivity contribution in [2.45, 2.75) is 24.5 Å². The van der Waals surface area contributed by atoms with Gasteiger partial charge in [-0.05, 0) is 54.1 Å². The summed E-state index contributed by atoms with van der Waals surface area (Å²) in [6.45, 7) is 1.92. The van der Waals surface area contributed by atoms with Crippen molar-refractivity contribution < 1.29 is 13.5 Å². The van der Waals surface area contributed by atoms with Crippen LogP contribution in [0.3, 0.4) is 0 Å². The molecule has 2 aromatic heterocycles. The number of hydrogen-bond donors (Lipinski definition) is 2. The number of pyridine rings is 1. The van der Waals surface area contributed by atoms with Crippen LogP contribution < -0.4 is 4.72 Å². The van der Waals surface area contributed by atoms with Gasteiger partial charge in [0.1, 0.15) is 0 Å². The van der Waals surface area contributed by atoms with Crippen LogP contribution in [0.2, 0.25) is 0 Å². The van der Waals surface area contributed by atoms with Crippen molar-refractivity contribution in [1.29, 1.82) is 0 Å². The highest BCUT2D eigenvalue weighted by Gasteiger charge is 2.15. The molecule has 1 aromatic carbocycles. The maximum Gasteiger partial charge on any atom is 0.240 e. The minimum atomic E-state index is -3.67. The maximum absolute atomic E-state index is 12.1. The number of nitrogens with one attached hydrogen (secondary N) is 1. The van der Waals surface area contributed by atoms with Gasteiger partial charge < -0.3 is 5.11 Å². The van der Waals surface area contributed by atoms with Gasteiger partial charge in [0, 0.05) is 24.5 Å². The fraction of sp³-hybridized carbons (Fsp3) is 0.250. The fourth-order valence-electron chi connectivity index (χ4n) is 2.17. The van der Waals surface area contributed by atoms with Gasteiger partial charge in [0.05, 0.1) is 17.5 Å². The molecule has 0 radical (unpaired) electrons. The van der Waals surface area contributed by atoms with E-state index in [-0.39, 0.29) is 11.4 Å². The molecule has 0 aliphatic rings. The number of benzene rings is 1. The van der Waals surface area contributed by atoms with E-state index in [0.717, 1.165) is 5.56 Å². The molecule has 3 aromatic rings. The van der Waals surface area contributed by atoms with Crippen molar-refractivity contribution in [3.05, 3.63) is 54.4 Å². The molecule has 1 atom stereocenters. The van der Waals surface area contributed by atoms with Gasteiger partial charge in [-0.3, -0.25) is 4.98 Å². The fourth-order valence-corrected chi connectivity index (χ4v) is 3.30. The Bertz CT molecular complexity index is 955. The number of aromatic nitrogens is 5. The number of aliphatic hydroxyl groups excluding tert-OH is 1. The SMILES string of the molecule is C[C@@H](O)CNS(=O)(=O)c1ccc(-c2nnn(Cc3ccncc3)n2)cc1. The monoisotopic (exact) mass is 374 g/mol. The van der Waals surface area contributed by atoms with Crippen LogP contribution in [0.1, 0.15) is 12.5 Å². The van der Waals surface area contributed by atoms with Crippen molar-refractivity contribution in [3.8, 4) is 11.4 Å². The molecule has 0 amide bonds. The molecule has 10 heteroatoms. The Morgan fingerprint density at radius 1 is 1.15 bits per heavy atom. The Morgan fingerprint density at radius 3 is 2.50 bits per heavy atom. The second-order valence-electron chi connectivity index (χ2n) is 5.72. The third-order valence-corrected chi connectivity index (χ3v) is 4.96. The van der Waals surface area contributed by atoms with E-state index in [1.54, 1.807) is 24.5 Å². The molecular formula is C16H18N6O3S. The van der Waals surface area contributed by atoms with Crippen LogP contribution in [0.25, 0.3) is 11.4 Å². The molecule has 2 N–H and O–H groups in total. The second kappa shape index (κ2) is 7.68. The highest BCUT2D eigenvalue weighted by molar-refractivity contribution is 7.89. The van der Waals surface area contributed by atoms with Crippen molar-refractivity contribution in [3.63, 3.8) is 0 Å². The van der Waals surface area contributed by atoms with Crippen LogP contribution in [-0.4, -0.2) is 51.4 Å². The zero-order chi connectivity index (χ0) is 18.6. The smallest absolute Gasteiger partial charge is 0.240 e. The number of hydrogen-bond acceptors (Lipinski definition) is 7. The molecule has 0 saturated heterocycles. The minimum Gasteiger partial charge on any atom is -0.392 e. The summed E-state index contributed by atoms with van der Waals surface area (Å²) in [5.74, 6) is 0.403. The van der Waals surface area contributed by atoms with Gasteiger partial charge in [-0.15, -0.1) is 10.2 Å². The molecule has 0 spiro atoms. The summed E-state index contributed by atoms with van der Waals surface area (Å²) in [5, 5.41) is 21.5. The molecule has 0 fully saturated rings. The van der Waals surface area contributed by atoms with Crippen LogP contribution >= 0.6 is 0 Å². The first kappa shape index (κ1) is 18.1. The van der Waals surface area contributed by atoms with Gasteiger partial charge in [0.2, 0.25) is 15.8 Å². The normalized spacial score (nSPS) is 12.8. The highest BCUT2D eigenvalue weighted by Crippen LogP contribution is 2.17. The van der Waals surface area contributed by atoms with Crippen molar-refractivity contribution in [2.75, 3.05) is 6.54 Å². The molecule has 0 aliphatic carbocycles. The van der Waals surface area contributed by atoms with E-state index in [2.05, 4.69) is 25.1 Å². The van der Waals surface area contributed by atoms with Crippen LogP contribution in [0.4, 0.5) is 0 Å². The lowest BCUT2D eigenvalue weighted by Gasteiger charge is -2.08. The summed E-state index contributed by atoms with van der Waals surface area (Å²) in [6, 6.07) is 9.88. The Labute approximate surface area is 150 Å². The van der Waals surface area contributed by atoms with Gasteiger partial charge in [-0.1, -0.05) is 0 Å². The predicted octanol–water partition coefficient (Wildman–Crippen LogP) is 0.442. The lowest BCUT2D eigenvalue weighted by atomic mass is 10.2. The molecule has 3 rings (SSSR count). The summed E-state index contributed by atoms with van der Waals surface area (Å²) in [6.07, 6.45) is 2.62. The molecule has 2 heterocycles. The number of tetrazole rings is 1. The minimum absolute atomic E-state index is 0.0467. The zero-order valence-corrected chi connectivity index (χ0v) is 14.8. The van der Waals surface area contributed by atoms with E-state index in [9.17, 15) is 13.5 Å². The molecule has 0 aliphatic heterocycles. The summed E-state index contributed by atoms with van der Waals surface area (Å²) in [4.78, 5) is 5.52. The first-order chi connectivity index (χ1) is 12.4. The second-order valence-corrected chi connectivity index (χ2v) is 7.49. The van der Waals surface area contributed by atoms with Gasteiger partial charge >= 0.3 is 0 Å². The van der Waals surface area contributed by atoms with Gasteiger partial charge in [0.15, 0.2) is 0 Å². The summed E-state index contributed by atoms with van der Waals surface area (Å²) in [5.41, 5.74) is 1.65. The van der Waals surface area contributed by atoms with E-state index in [1.165, 1.54) is 23.9 Å². The standard InChI is InChI=1S/C16H18N6O3S/c1-12(23)10-18-26(24,25)15-4-2-14(3-5-15)16-19-21-22(20-16)11-13-6-8-17-9-7-13/h2-9,12,18,23H,10-11H2,1H3/t12-/m1/s1. The highest BCUT2D eigenvalue weighted by atomic mass is 32.2. The molecule has 0 unspecified atom stereocenters. The lowest BCUT2D eigenvalue weighted by Crippen LogP contribution is -2.30. The third-order valence-electron chi connectivity index (χ3n) is 3.52. The first-order valence-corrected chi connectivity index (χ1v) is 9.37. The Balaban J connectivity index is 1.73. The van der Waals surface area contributed by atoms with Crippen molar-refractivity contribution in [1.82, 2.24) is 29.9 Å². The lowest BCUT2D eigenvalue weighted by molar-refractivity contribution is 0.198. The number of rotatable bonds is 7. The molecule has 9 nitrogen and oxygen atoms in total. The Morgan fingerprint density at radius 2 is 1.85 bits per heavy atom. The largest absolute Gasteiger partial charge is 0.392 e. The van der Waals surface area contributed by atoms with E-state index in [1.807, 2.05) is 12.1 Å². The average Bonchev–Trinajstić information content (AvgIpc) is 3.09. The quantitative estimate of drug-likeness (QED) is 0.615. The Kier molecular flexibility index (Phi) is 5.35. The number of nitrogens with zero attached hydrogens (tertiary/aromatic N) is 5. The van der Waals surface area contributed by atoms with Gasteiger partial charge in [-0.2, -0.15) is 4.80 Å².